The maximum atomic E-state index is 12.0. The standard InChI is InChI=1S/C35H44O8/c1-6-7-8-9-24-30-23-12-10-20-16-21(36)11-13-22(20)29(23)26(40-4)18-27(30)43-34(31(24)37)25-17-28(42-15-14-19(2)3)33(39)35(41-5)32(25)38/h11,13,16-19,24,31,34,36-39H,6-10,12,14-15H2,1-5H3. The average molecular weight is 593 g/mol. The SMILES string of the molecule is CCCCCC1c2c(cc(OC)c3c2CCc2cc(O)ccc2-3)OC(c2cc(OCCC(C)C)c(O)c(OC)c2O)C1O. The summed E-state index contributed by atoms with van der Waals surface area (Å²) in [6.45, 7) is 6.70. The van der Waals surface area contributed by atoms with Crippen LogP contribution in [0, 0.1) is 5.92 Å². The van der Waals surface area contributed by atoms with Crippen LogP contribution >= 0.6 is 0 Å². The van der Waals surface area contributed by atoms with E-state index in [1.807, 2.05) is 12.1 Å². The number of ether oxygens (including phenoxy) is 4. The lowest BCUT2D eigenvalue weighted by Gasteiger charge is -2.40. The summed E-state index contributed by atoms with van der Waals surface area (Å²) in [4.78, 5) is 0. The van der Waals surface area contributed by atoms with E-state index < -0.39 is 12.2 Å². The maximum absolute atomic E-state index is 12.0. The fraction of sp³-hybridized carbons (Fsp3) is 0.486. The van der Waals surface area contributed by atoms with Crippen LogP contribution in [0.25, 0.3) is 11.1 Å². The maximum Gasteiger partial charge on any atom is 0.207 e. The van der Waals surface area contributed by atoms with Crippen LogP contribution in [0.15, 0.2) is 30.3 Å². The third-order valence-electron chi connectivity index (χ3n) is 8.78. The molecule has 3 unspecified atom stereocenters. The van der Waals surface area contributed by atoms with Gasteiger partial charge in [-0.25, -0.2) is 0 Å². The van der Waals surface area contributed by atoms with Gasteiger partial charge in [0.25, 0.3) is 0 Å². The van der Waals surface area contributed by atoms with Gasteiger partial charge in [0.15, 0.2) is 17.6 Å². The third-order valence-corrected chi connectivity index (χ3v) is 8.78. The Labute approximate surface area is 253 Å². The molecule has 43 heavy (non-hydrogen) atoms. The van der Waals surface area contributed by atoms with Crippen LogP contribution < -0.4 is 18.9 Å². The number of hydrogen-bond acceptors (Lipinski definition) is 8. The van der Waals surface area contributed by atoms with Gasteiger partial charge in [-0.05, 0) is 66.5 Å². The number of phenols is 3. The number of benzene rings is 3. The zero-order valence-corrected chi connectivity index (χ0v) is 25.8. The van der Waals surface area contributed by atoms with E-state index >= 15 is 0 Å². The van der Waals surface area contributed by atoms with Gasteiger partial charge in [-0.3, -0.25) is 0 Å². The molecule has 8 heteroatoms. The summed E-state index contributed by atoms with van der Waals surface area (Å²) in [7, 11) is 2.99. The van der Waals surface area contributed by atoms with Crippen LogP contribution in [-0.2, 0) is 12.8 Å². The van der Waals surface area contributed by atoms with E-state index in [-0.39, 0.29) is 40.2 Å². The summed E-state index contributed by atoms with van der Waals surface area (Å²) >= 11 is 0. The average Bonchev–Trinajstić information content (AvgIpc) is 2.98. The van der Waals surface area contributed by atoms with E-state index in [0.29, 0.717) is 30.4 Å². The zero-order valence-electron chi connectivity index (χ0n) is 25.8. The van der Waals surface area contributed by atoms with E-state index in [0.717, 1.165) is 66.3 Å². The zero-order chi connectivity index (χ0) is 30.8. The van der Waals surface area contributed by atoms with Crippen LogP contribution in [0.5, 0.6) is 40.2 Å². The Kier molecular flexibility index (Phi) is 9.16. The van der Waals surface area contributed by atoms with Crippen molar-refractivity contribution in [2.24, 2.45) is 5.92 Å². The number of aromatic hydroxyl groups is 3. The van der Waals surface area contributed by atoms with E-state index in [9.17, 15) is 20.4 Å². The minimum atomic E-state index is -0.994. The van der Waals surface area contributed by atoms with Crippen molar-refractivity contribution in [3.8, 4) is 51.4 Å². The van der Waals surface area contributed by atoms with Crippen molar-refractivity contribution in [3.05, 3.63) is 52.6 Å². The number of aliphatic hydroxyl groups is 1. The van der Waals surface area contributed by atoms with Crippen molar-refractivity contribution in [1.29, 1.82) is 0 Å². The largest absolute Gasteiger partial charge is 0.508 e. The van der Waals surface area contributed by atoms with Crippen molar-refractivity contribution in [2.75, 3.05) is 20.8 Å². The molecule has 0 saturated carbocycles. The molecule has 0 amide bonds. The highest BCUT2D eigenvalue weighted by Crippen LogP contribution is 2.56. The van der Waals surface area contributed by atoms with Gasteiger partial charge in [0.05, 0.1) is 20.8 Å². The van der Waals surface area contributed by atoms with Gasteiger partial charge in [0.2, 0.25) is 11.5 Å². The summed E-state index contributed by atoms with van der Waals surface area (Å²) in [5, 5.41) is 44.3. The van der Waals surface area contributed by atoms with Gasteiger partial charge in [0.1, 0.15) is 23.4 Å². The van der Waals surface area contributed by atoms with Crippen LogP contribution in [0.2, 0.25) is 0 Å². The highest BCUT2D eigenvalue weighted by molar-refractivity contribution is 5.82. The Bertz CT molecular complexity index is 1460. The number of hydrogen-bond donors (Lipinski definition) is 4. The number of methoxy groups -OCH3 is 2. The smallest absolute Gasteiger partial charge is 0.207 e. The summed E-state index contributed by atoms with van der Waals surface area (Å²) in [5.41, 5.74) is 5.35. The molecule has 4 N–H and O–H groups in total. The minimum absolute atomic E-state index is 0.121. The molecule has 0 aromatic heterocycles. The lowest BCUT2D eigenvalue weighted by Crippen LogP contribution is -2.36. The van der Waals surface area contributed by atoms with E-state index in [1.54, 1.807) is 25.3 Å². The Hall–Kier alpha value is -3.78. The lowest BCUT2D eigenvalue weighted by molar-refractivity contribution is -0.00468. The van der Waals surface area contributed by atoms with E-state index in [1.165, 1.54) is 7.11 Å². The van der Waals surface area contributed by atoms with Crippen LogP contribution in [-0.4, -0.2) is 47.4 Å². The number of fused-ring (bicyclic) bond motifs is 5. The molecular weight excluding hydrogens is 548 g/mol. The number of unbranched alkanes of at least 4 members (excludes halogenated alkanes) is 2. The molecule has 1 aliphatic carbocycles. The second kappa shape index (κ2) is 12.8. The molecule has 8 nitrogen and oxygen atoms in total. The highest BCUT2D eigenvalue weighted by atomic mass is 16.5. The van der Waals surface area contributed by atoms with E-state index in [2.05, 4.69) is 20.8 Å². The van der Waals surface area contributed by atoms with Crippen molar-refractivity contribution < 1.29 is 39.4 Å². The van der Waals surface area contributed by atoms with Crippen molar-refractivity contribution in [2.45, 2.75) is 83.8 Å². The van der Waals surface area contributed by atoms with Crippen LogP contribution in [0.3, 0.4) is 0 Å². The highest BCUT2D eigenvalue weighted by Gasteiger charge is 2.43. The second-order valence-electron chi connectivity index (χ2n) is 12.0. The van der Waals surface area contributed by atoms with Gasteiger partial charge in [-0.2, -0.15) is 0 Å². The molecule has 5 rings (SSSR count). The molecule has 2 aliphatic rings. The molecule has 0 radical (unpaired) electrons. The van der Waals surface area contributed by atoms with Gasteiger partial charge >= 0.3 is 0 Å². The van der Waals surface area contributed by atoms with Crippen molar-refractivity contribution in [3.63, 3.8) is 0 Å². The fourth-order valence-corrected chi connectivity index (χ4v) is 6.53. The Morgan fingerprint density at radius 2 is 1.74 bits per heavy atom. The molecule has 1 aliphatic heterocycles. The predicted molar refractivity (Wildman–Crippen MR) is 165 cm³/mol. The topological polar surface area (TPSA) is 118 Å². The van der Waals surface area contributed by atoms with Gasteiger partial charge in [-0.15, -0.1) is 0 Å². The molecule has 3 aromatic rings. The molecule has 232 valence electrons. The molecular formula is C35H44O8. The Morgan fingerprint density at radius 1 is 0.953 bits per heavy atom. The van der Waals surface area contributed by atoms with Gasteiger partial charge in [0, 0.05) is 28.7 Å². The summed E-state index contributed by atoms with van der Waals surface area (Å²) in [6, 6.07) is 8.84. The number of aryl methyl sites for hydroxylation is 1. The van der Waals surface area contributed by atoms with E-state index in [4.69, 9.17) is 18.9 Å². The molecule has 3 atom stereocenters. The molecule has 1 heterocycles. The molecule has 3 aromatic carbocycles. The first-order chi connectivity index (χ1) is 20.7. The Balaban J connectivity index is 1.64. The second-order valence-corrected chi connectivity index (χ2v) is 12.0. The monoisotopic (exact) mass is 592 g/mol. The molecule has 0 bridgehead atoms. The van der Waals surface area contributed by atoms with Crippen LogP contribution in [0.4, 0.5) is 0 Å². The summed E-state index contributed by atoms with van der Waals surface area (Å²) in [5.74, 6) is 1.06. The quantitative estimate of drug-likeness (QED) is 0.173. The molecule has 0 spiro atoms. The Morgan fingerprint density at radius 3 is 2.44 bits per heavy atom. The van der Waals surface area contributed by atoms with Crippen LogP contribution in [0.1, 0.15) is 87.2 Å². The van der Waals surface area contributed by atoms with Crippen molar-refractivity contribution >= 4 is 0 Å². The number of rotatable bonds is 11. The first kappa shape index (κ1) is 30.7. The third kappa shape index (κ3) is 5.77. The minimum Gasteiger partial charge on any atom is -0.508 e. The summed E-state index contributed by atoms with van der Waals surface area (Å²) in [6.07, 6.45) is 4.01. The van der Waals surface area contributed by atoms with Gasteiger partial charge in [-0.1, -0.05) is 46.1 Å². The first-order valence-corrected chi connectivity index (χ1v) is 15.4. The lowest BCUT2D eigenvalue weighted by atomic mass is 9.74. The predicted octanol–water partition coefficient (Wildman–Crippen LogP) is 7.17. The summed E-state index contributed by atoms with van der Waals surface area (Å²) < 4.78 is 23.8. The first-order valence-electron chi connectivity index (χ1n) is 15.4. The van der Waals surface area contributed by atoms with Gasteiger partial charge < -0.3 is 39.4 Å². The number of aliphatic hydroxyl groups excluding tert-OH is 1. The van der Waals surface area contributed by atoms with Crippen molar-refractivity contribution in [1.82, 2.24) is 0 Å². The molecule has 0 fully saturated rings. The normalized spacial score (nSPS) is 18.8. The fourth-order valence-electron chi connectivity index (χ4n) is 6.53. The number of phenolic OH excluding ortho intramolecular Hbond substituents is 3. The molecule has 0 saturated heterocycles.